The van der Waals surface area contributed by atoms with E-state index in [1.165, 1.54) is 5.39 Å². The predicted molar refractivity (Wildman–Crippen MR) is 176 cm³/mol. The molecule has 4 nitrogen and oxygen atoms in total. The highest BCUT2D eigenvalue weighted by Crippen LogP contribution is 2.44. The molecule has 0 aliphatic rings. The molecule has 0 atom stereocenters. The van der Waals surface area contributed by atoms with Crippen molar-refractivity contribution in [2.24, 2.45) is 0 Å². The lowest BCUT2D eigenvalue weighted by Gasteiger charge is -2.17. The van der Waals surface area contributed by atoms with Crippen molar-refractivity contribution in [3.05, 3.63) is 140 Å². The van der Waals surface area contributed by atoms with E-state index in [0.29, 0.717) is 0 Å². The highest BCUT2D eigenvalue weighted by atomic mass is 16.3. The molecule has 0 amide bonds. The first kappa shape index (κ1) is 23.8. The van der Waals surface area contributed by atoms with Gasteiger partial charge in [-0.25, -0.2) is 4.98 Å². The molecule has 0 fully saturated rings. The lowest BCUT2D eigenvalue weighted by Crippen LogP contribution is -1.95. The molecule has 0 saturated carbocycles. The molecule has 0 N–H and O–H groups in total. The maximum atomic E-state index is 6.28. The van der Waals surface area contributed by atoms with Gasteiger partial charge in [-0.2, -0.15) is 0 Å². The smallest absolute Gasteiger partial charge is 0.153 e. The van der Waals surface area contributed by atoms with Crippen LogP contribution in [0.2, 0.25) is 0 Å². The first-order valence-electron chi connectivity index (χ1n) is 14.4. The van der Waals surface area contributed by atoms with Crippen molar-refractivity contribution < 1.29 is 4.42 Å². The molecule has 9 rings (SSSR count). The predicted octanol–water partition coefficient (Wildman–Crippen LogP) is 10.2. The van der Waals surface area contributed by atoms with E-state index in [-0.39, 0.29) is 0 Å². The fraction of sp³-hybridized carbons (Fsp3) is 0. The van der Waals surface area contributed by atoms with Gasteiger partial charge in [-0.1, -0.05) is 84.9 Å². The van der Waals surface area contributed by atoms with Gasteiger partial charge in [0.1, 0.15) is 5.58 Å². The lowest BCUT2D eigenvalue weighted by atomic mass is 9.88. The van der Waals surface area contributed by atoms with Gasteiger partial charge in [0, 0.05) is 28.1 Å². The second kappa shape index (κ2) is 9.33. The Morgan fingerprint density at radius 2 is 0.977 bits per heavy atom. The molecule has 43 heavy (non-hydrogen) atoms. The van der Waals surface area contributed by atoms with E-state index in [0.717, 1.165) is 82.8 Å². The Hall–Kier alpha value is -5.87. The summed E-state index contributed by atoms with van der Waals surface area (Å²) in [6.45, 7) is 0. The van der Waals surface area contributed by atoms with Gasteiger partial charge in [0.25, 0.3) is 0 Å². The second-order valence-corrected chi connectivity index (χ2v) is 10.8. The van der Waals surface area contributed by atoms with E-state index in [2.05, 4.69) is 108 Å². The Balaban J connectivity index is 1.33. The molecule has 0 spiro atoms. The van der Waals surface area contributed by atoms with E-state index < -0.39 is 0 Å². The number of hydrogen-bond acceptors (Lipinski definition) is 4. The normalized spacial score (nSPS) is 11.7. The van der Waals surface area contributed by atoms with Crippen LogP contribution in [0.4, 0.5) is 0 Å². The second-order valence-electron chi connectivity index (χ2n) is 10.8. The van der Waals surface area contributed by atoms with Gasteiger partial charge in [0.05, 0.1) is 29.0 Å². The van der Waals surface area contributed by atoms with Gasteiger partial charge in [-0.15, -0.1) is 0 Å². The zero-order chi connectivity index (χ0) is 28.3. The first-order chi connectivity index (χ1) is 21.3. The molecule has 4 heteroatoms. The Bertz CT molecular complexity index is 2460. The third kappa shape index (κ3) is 3.74. The number of rotatable bonds is 3. The van der Waals surface area contributed by atoms with Gasteiger partial charge in [-0.3, -0.25) is 9.97 Å². The fourth-order valence-corrected chi connectivity index (χ4v) is 6.42. The summed E-state index contributed by atoms with van der Waals surface area (Å²) in [5.41, 5.74) is 7.40. The van der Waals surface area contributed by atoms with Crippen molar-refractivity contribution in [1.82, 2.24) is 15.0 Å². The van der Waals surface area contributed by atoms with Crippen LogP contribution in [-0.4, -0.2) is 15.0 Å². The summed E-state index contributed by atoms with van der Waals surface area (Å²) in [5.74, 6) is 0. The van der Waals surface area contributed by atoms with Crippen molar-refractivity contribution in [3.63, 3.8) is 0 Å². The highest BCUT2D eigenvalue weighted by molar-refractivity contribution is 6.21. The molecule has 4 aromatic heterocycles. The number of nitrogens with zero attached hydrogens (tertiary/aromatic N) is 3. The number of benzene rings is 5. The molecule has 0 saturated heterocycles. The van der Waals surface area contributed by atoms with Crippen LogP contribution >= 0.6 is 0 Å². The van der Waals surface area contributed by atoms with Crippen LogP contribution in [0, 0.1) is 0 Å². The van der Waals surface area contributed by atoms with Gasteiger partial charge < -0.3 is 4.42 Å². The Labute approximate surface area is 246 Å². The molecule has 0 aliphatic carbocycles. The molecule has 200 valence electrons. The highest BCUT2D eigenvalue weighted by Gasteiger charge is 2.19. The molecule has 0 radical (unpaired) electrons. The van der Waals surface area contributed by atoms with Crippen LogP contribution in [0.3, 0.4) is 0 Å². The maximum absolute atomic E-state index is 6.28. The Morgan fingerprint density at radius 1 is 0.395 bits per heavy atom. The van der Waals surface area contributed by atoms with Gasteiger partial charge >= 0.3 is 0 Å². The molecule has 4 heterocycles. The number of pyridine rings is 3. The molecule has 9 aromatic rings. The average Bonchev–Trinajstić information content (AvgIpc) is 3.43. The zero-order valence-corrected chi connectivity index (χ0v) is 23.0. The fourth-order valence-electron chi connectivity index (χ4n) is 6.42. The molecule has 0 unspecified atom stereocenters. The summed E-state index contributed by atoms with van der Waals surface area (Å²) < 4.78 is 6.28. The average molecular weight is 550 g/mol. The van der Waals surface area contributed by atoms with Gasteiger partial charge in [-0.05, 0) is 74.8 Å². The van der Waals surface area contributed by atoms with Crippen molar-refractivity contribution in [3.8, 4) is 33.9 Å². The zero-order valence-electron chi connectivity index (χ0n) is 23.0. The minimum atomic E-state index is 0.787. The third-order valence-corrected chi connectivity index (χ3v) is 8.35. The minimum Gasteiger partial charge on any atom is -0.454 e. The van der Waals surface area contributed by atoms with Crippen molar-refractivity contribution in [2.75, 3.05) is 0 Å². The summed E-state index contributed by atoms with van der Waals surface area (Å²) in [6, 6.07) is 44.1. The Morgan fingerprint density at radius 3 is 1.67 bits per heavy atom. The standard InChI is InChI=1S/C39H23N3O/c1-2-11-25-21-36-30(20-24(25)10-1)31-22-35(41-23-37(31)43-36)39-28-14-5-3-12-26(28)38(27-13-4-6-15-29(27)39)34-18-9-17-33(42-34)32-16-7-8-19-40-32/h1-23H. The van der Waals surface area contributed by atoms with Gasteiger partial charge in [0.15, 0.2) is 5.58 Å². The van der Waals surface area contributed by atoms with Crippen molar-refractivity contribution in [2.45, 2.75) is 0 Å². The number of hydrogen-bond donors (Lipinski definition) is 0. The minimum absolute atomic E-state index is 0.787. The number of aromatic nitrogens is 3. The van der Waals surface area contributed by atoms with Crippen LogP contribution in [0.15, 0.2) is 144 Å². The van der Waals surface area contributed by atoms with Crippen molar-refractivity contribution >= 4 is 54.3 Å². The summed E-state index contributed by atoms with van der Waals surface area (Å²) in [6.07, 6.45) is 3.67. The SMILES string of the molecule is c1ccc(-c2cccc(-c3c4ccccc4c(-c4cc5c(cn4)oc4cc6ccccc6cc45)c4ccccc34)n2)nc1. The molecule has 0 bridgehead atoms. The van der Waals surface area contributed by atoms with Gasteiger partial charge in [0.2, 0.25) is 0 Å². The third-order valence-electron chi connectivity index (χ3n) is 8.35. The largest absolute Gasteiger partial charge is 0.454 e. The van der Waals surface area contributed by atoms with E-state index in [1.807, 2.05) is 30.5 Å². The first-order valence-corrected chi connectivity index (χ1v) is 14.4. The summed E-state index contributed by atoms with van der Waals surface area (Å²) in [5, 5.41) is 9.04. The molecular weight excluding hydrogens is 526 g/mol. The van der Waals surface area contributed by atoms with Crippen LogP contribution < -0.4 is 0 Å². The summed E-state index contributed by atoms with van der Waals surface area (Å²) >= 11 is 0. The number of fused-ring (bicyclic) bond motifs is 6. The molecule has 5 aromatic carbocycles. The van der Waals surface area contributed by atoms with E-state index in [4.69, 9.17) is 14.4 Å². The monoisotopic (exact) mass is 549 g/mol. The van der Waals surface area contributed by atoms with E-state index >= 15 is 0 Å². The quantitative estimate of drug-likeness (QED) is 0.206. The van der Waals surface area contributed by atoms with E-state index in [9.17, 15) is 0 Å². The summed E-state index contributed by atoms with van der Waals surface area (Å²) in [4.78, 5) is 14.6. The van der Waals surface area contributed by atoms with Crippen LogP contribution in [0.1, 0.15) is 0 Å². The summed E-state index contributed by atoms with van der Waals surface area (Å²) in [7, 11) is 0. The lowest BCUT2D eigenvalue weighted by molar-refractivity contribution is 0.667. The Kier molecular flexibility index (Phi) is 5.16. The van der Waals surface area contributed by atoms with E-state index in [1.54, 1.807) is 6.20 Å². The van der Waals surface area contributed by atoms with Crippen LogP contribution in [-0.2, 0) is 0 Å². The number of furan rings is 1. The maximum Gasteiger partial charge on any atom is 0.153 e. The van der Waals surface area contributed by atoms with Crippen molar-refractivity contribution in [1.29, 1.82) is 0 Å². The molecular formula is C39H23N3O. The molecule has 0 aliphatic heterocycles. The van der Waals surface area contributed by atoms with Crippen LogP contribution in [0.25, 0.3) is 88.2 Å². The topological polar surface area (TPSA) is 51.8 Å². The van der Waals surface area contributed by atoms with Crippen LogP contribution in [0.5, 0.6) is 0 Å².